The van der Waals surface area contributed by atoms with Crippen molar-refractivity contribution in [2.75, 3.05) is 24.5 Å². The molecule has 1 aliphatic carbocycles. The van der Waals surface area contributed by atoms with E-state index in [0.29, 0.717) is 18.7 Å². The van der Waals surface area contributed by atoms with E-state index in [2.05, 4.69) is 10.0 Å². The number of amides is 2. The van der Waals surface area contributed by atoms with Gasteiger partial charge in [0.2, 0.25) is 11.8 Å². The molecule has 1 saturated heterocycles. The Bertz CT molecular complexity index is 1200. The van der Waals surface area contributed by atoms with Crippen molar-refractivity contribution >= 4 is 27.7 Å². The number of rotatable bonds is 10. The zero-order valence-electron chi connectivity index (χ0n) is 20.5. The molecule has 0 radical (unpaired) electrons. The van der Waals surface area contributed by atoms with Crippen LogP contribution in [0.5, 0.6) is 0 Å². The van der Waals surface area contributed by atoms with Crippen molar-refractivity contribution < 1.29 is 22.4 Å². The maximum absolute atomic E-state index is 14.3. The van der Waals surface area contributed by atoms with E-state index in [9.17, 15) is 22.4 Å². The summed E-state index contributed by atoms with van der Waals surface area (Å²) in [5, 5.41) is 3.12. The van der Waals surface area contributed by atoms with Crippen LogP contribution < -0.4 is 14.9 Å². The van der Waals surface area contributed by atoms with Crippen molar-refractivity contribution in [3.05, 3.63) is 65.5 Å². The van der Waals surface area contributed by atoms with Crippen LogP contribution in [0.3, 0.4) is 0 Å². The molecule has 0 spiro atoms. The summed E-state index contributed by atoms with van der Waals surface area (Å²) >= 11 is 0. The van der Waals surface area contributed by atoms with E-state index in [1.807, 2.05) is 19.1 Å². The summed E-state index contributed by atoms with van der Waals surface area (Å²) in [5.41, 5.74) is 1.69. The van der Waals surface area contributed by atoms with Gasteiger partial charge >= 0.3 is 0 Å². The number of anilines is 1. The molecule has 2 aromatic rings. The van der Waals surface area contributed by atoms with Crippen molar-refractivity contribution in [2.24, 2.45) is 0 Å². The SMILES string of the molecule is Cc1ccccc1[C@H](C(=O)NC1CCCCC1)N(C(=O)CCNS(=O)(=O)N1CC1)c1cccc(F)c1. The van der Waals surface area contributed by atoms with Crippen molar-refractivity contribution in [2.45, 2.75) is 57.5 Å². The van der Waals surface area contributed by atoms with Crippen molar-refractivity contribution in [1.29, 1.82) is 0 Å². The third kappa shape index (κ3) is 6.48. The lowest BCUT2D eigenvalue weighted by molar-refractivity contribution is -0.127. The van der Waals surface area contributed by atoms with Gasteiger partial charge in [0.1, 0.15) is 11.9 Å². The standard InChI is InChI=1S/C26H33FN4O4S/c1-19-8-5-6-13-23(19)25(26(33)29-21-10-3-2-4-11-21)31(22-12-7-9-20(27)18-22)24(32)14-15-28-36(34,35)30-16-17-30/h5-9,12-13,18,21,25,28H,2-4,10-11,14-17H2,1H3,(H,29,33)/t25-/m1/s1. The molecule has 2 N–H and O–H groups in total. The van der Waals surface area contributed by atoms with Gasteiger partial charge < -0.3 is 5.32 Å². The van der Waals surface area contributed by atoms with Crippen LogP contribution in [0, 0.1) is 12.7 Å². The zero-order valence-corrected chi connectivity index (χ0v) is 21.3. The van der Waals surface area contributed by atoms with Crippen LogP contribution in [-0.4, -0.2) is 50.2 Å². The van der Waals surface area contributed by atoms with E-state index in [4.69, 9.17) is 0 Å². The maximum Gasteiger partial charge on any atom is 0.279 e. The molecule has 0 aromatic heterocycles. The number of halogens is 1. The van der Waals surface area contributed by atoms with Crippen LogP contribution in [0.4, 0.5) is 10.1 Å². The van der Waals surface area contributed by atoms with Gasteiger partial charge in [-0.05, 0) is 49.1 Å². The molecule has 1 atom stereocenters. The monoisotopic (exact) mass is 516 g/mol. The topological polar surface area (TPSA) is 98.6 Å². The largest absolute Gasteiger partial charge is 0.351 e. The molecule has 2 aliphatic rings. The normalized spacial score (nSPS) is 17.4. The summed E-state index contributed by atoms with van der Waals surface area (Å²) in [6.07, 6.45) is 4.75. The summed E-state index contributed by atoms with van der Waals surface area (Å²) in [5.74, 6) is -1.36. The molecule has 4 rings (SSSR count). The van der Waals surface area contributed by atoms with Gasteiger partial charge in [0, 0.05) is 37.8 Å². The highest BCUT2D eigenvalue weighted by Crippen LogP contribution is 2.31. The number of nitrogens with zero attached hydrogens (tertiary/aromatic N) is 2. The van der Waals surface area contributed by atoms with E-state index in [-0.39, 0.29) is 30.6 Å². The summed E-state index contributed by atoms with van der Waals surface area (Å²) in [4.78, 5) is 28.7. The first kappa shape index (κ1) is 26.2. The lowest BCUT2D eigenvalue weighted by Gasteiger charge is -2.34. The Morgan fingerprint density at radius 3 is 2.47 bits per heavy atom. The highest BCUT2D eigenvalue weighted by atomic mass is 32.2. The minimum Gasteiger partial charge on any atom is -0.351 e. The van der Waals surface area contributed by atoms with Crippen LogP contribution in [0.2, 0.25) is 0 Å². The number of carbonyl (C=O) groups excluding carboxylic acids is 2. The number of carbonyl (C=O) groups is 2. The second-order valence-corrected chi connectivity index (χ2v) is 11.1. The van der Waals surface area contributed by atoms with E-state index in [0.717, 1.165) is 37.7 Å². The summed E-state index contributed by atoms with van der Waals surface area (Å²) in [7, 11) is -3.62. The number of benzene rings is 2. The van der Waals surface area contributed by atoms with Gasteiger partial charge in [-0.15, -0.1) is 0 Å². The Morgan fingerprint density at radius 2 is 1.81 bits per heavy atom. The van der Waals surface area contributed by atoms with Crippen LogP contribution in [0.25, 0.3) is 0 Å². The Kier molecular flexibility index (Phi) is 8.38. The third-order valence-electron chi connectivity index (χ3n) is 6.67. The minimum atomic E-state index is -3.62. The minimum absolute atomic E-state index is 0.0154. The lowest BCUT2D eigenvalue weighted by Crippen LogP contribution is -2.48. The van der Waals surface area contributed by atoms with Crippen molar-refractivity contribution in [1.82, 2.24) is 14.3 Å². The molecule has 194 valence electrons. The predicted octanol–water partition coefficient (Wildman–Crippen LogP) is 3.20. The first-order valence-electron chi connectivity index (χ1n) is 12.4. The zero-order chi connectivity index (χ0) is 25.7. The molecule has 1 saturated carbocycles. The molecule has 2 fully saturated rings. The predicted molar refractivity (Wildman–Crippen MR) is 136 cm³/mol. The Balaban J connectivity index is 1.66. The third-order valence-corrected chi connectivity index (χ3v) is 8.28. The van der Waals surface area contributed by atoms with Gasteiger partial charge in [-0.2, -0.15) is 12.7 Å². The van der Waals surface area contributed by atoms with Crippen molar-refractivity contribution in [3.63, 3.8) is 0 Å². The van der Waals surface area contributed by atoms with Gasteiger partial charge in [-0.25, -0.2) is 9.11 Å². The van der Waals surface area contributed by atoms with Crippen LogP contribution >= 0.6 is 0 Å². The Hall–Kier alpha value is -2.82. The molecular weight excluding hydrogens is 483 g/mol. The fourth-order valence-electron chi connectivity index (χ4n) is 4.66. The van der Waals surface area contributed by atoms with Gasteiger partial charge in [0.05, 0.1) is 0 Å². The quantitative estimate of drug-likeness (QED) is 0.474. The molecule has 2 aromatic carbocycles. The highest BCUT2D eigenvalue weighted by Gasteiger charge is 2.36. The fourth-order valence-corrected chi connectivity index (χ4v) is 5.77. The maximum atomic E-state index is 14.3. The second-order valence-electron chi connectivity index (χ2n) is 9.39. The second kappa shape index (κ2) is 11.5. The Morgan fingerprint density at radius 1 is 1.08 bits per heavy atom. The average Bonchev–Trinajstić information content (AvgIpc) is 3.70. The molecule has 36 heavy (non-hydrogen) atoms. The first-order chi connectivity index (χ1) is 17.3. The van der Waals surface area contributed by atoms with Crippen LogP contribution in [-0.2, 0) is 19.8 Å². The fraction of sp³-hybridized carbons (Fsp3) is 0.462. The molecule has 0 bridgehead atoms. The molecule has 10 heteroatoms. The van der Waals surface area contributed by atoms with Crippen molar-refractivity contribution in [3.8, 4) is 0 Å². The highest BCUT2D eigenvalue weighted by molar-refractivity contribution is 7.87. The van der Waals surface area contributed by atoms with Crippen LogP contribution in [0.15, 0.2) is 48.5 Å². The summed E-state index contributed by atoms with van der Waals surface area (Å²) in [6.45, 7) is 2.64. The smallest absolute Gasteiger partial charge is 0.279 e. The lowest BCUT2D eigenvalue weighted by atomic mass is 9.93. The van der Waals surface area contributed by atoms with Gasteiger partial charge in [0.15, 0.2) is 0 Å². The molecule has 1 aliphatic heterocycles. The molecule has 2 amide bonds. The van der Waals surface area contributed by atoms with Gasteiger partial charge in [-0.1, -0.05) is 49.6 Å². The van der Waals surface area contributed by atoms with Gasteiger partial charge in [-0.3, -0.25) is 14.5 Å². The van der Waals surface area contributed by atoms with Gasteiger partial charge in [0.25, 0.3) is 10.2 Å². The Labute approximate surface area is 212 Å². The molecule has 1 heterocycles. The van der Waals surface area contributed by atoms with E-state index < -0.39 is 28.0 Å². The number of hydrogen-bond acceptors (Lipinski definition) is 4. The van der Waals surface area contributed by atoms with E-state index in [1.54, 1.807) is 18.2 Å². The molecule has 8 nitrogen and oxygen atoms in total. The molecule has 0 unspecified atom stereocenters. The average molecular weight is 517 g/mol. The molecular formula is C26H33FN4O4S. The summed E-state index contributed by atoms with van der Waals surface area (Å²) < 4.78 is 42.3. The van der Waals surface area contributed by atoms with Crippen LogP contribution in [0.1, 0.15) is 55.7 Å². The number of hydrogen-bond donors (Lipinski definition) is 2. The van der Waals surface area contributed by atoms with E-state index >= 15 is 0 Å². The summed E-state index contributed by atoms with van der Waals surface area (Å²) in [6, 6.07) is 11.9. The van der Waals surface area contributed by atoms with E-state index in [1.165, 1.54) is 27.4 Å². The number of nitrogens with one attached hydrogen (secondary N) is 2. The number of aryl methyl sites for hydroxylation is 1. The first-order valence-corrected chi connectivity index (χ1v) is 13.9.